The van der Waals surface area contributed by atoms with Gasteiger partial charge >= 0.3 is 0 Å². The van der Waals surface area contributed by atoms with Crippen LogP contribution < -0.4 is 0 Å². The van der Waals surface area contributed by atoms with Crippen LogP contribution in [0, 0.1) is 0 Å². The fourth-order valence-electron chi connectivity index (χ4n) is 0.504. The standard InChI is InChI=1S/C6H5BrOS.C2H6/c1-4(8)5-2-3-6(7)9-5;1-2/h2-3H,1H3;1-2H3. The minimum absolute atomic E-state index is 0.130. The summed E-state index contributed by atoms with van der Waals surface area (Å²) in [6.07, 6.45) is 0. The Hall–Kier alpha value is -0.150. The van der Waals surface area contributed by atoms with E-state index in [2.05, 4.69) is 15.9 Å². The molecular weight excluding hydrogens is 224 g/mol. The molecule has 0 aliphatic heterocycles. The molecule has 1 aromatic rings. The molecule has 0 bridgehead atoms. The highest BCUT2D eigenvalue weighted by molar-refractivity contribution is 9.11. The molecule has 62 valence electrons. The van der Waals surface area contributed by atoms with E-state index >= 15 is 0 Å². The molecule has 0 spiro atoms. The van der Waals surface area contributed by atoms with Gasteiger partial charge in [0.25, 0.3) is 0 Å². The van der Waals surface area contributed by atoms with Gasteiger partial charge in [-0.05, 0) is 35.0 Å². The second-order valence-corrected chi connectivity index (χ2v) is 4.12. The van der Waals surface area contributed by atoms with Gasteiger partial charge in [-0.15, -0.1) is 11.3 Å². The molecule has 0 radical (unpaired) electrons. The van der Waals surface area contributed by atoms with Crippen LogP contribution in [0.2, 0.25) is 0 Å². The maximum Gasteiger partial charge on any atom is 0.169 e. The molecule has 0 N–H and O–H groups in total. The van der Waals surface area contributed by atoms with Gasteiger partial charge in [0.15, 0.2) is 5.78 Å². The van der Waals surface area contributed by atoms with Crippen LogP contribution in [0.1, 0.15) is 30.4 Å². The van der Waals surface area contributed by atoms with Gasteiger partial charge in [0.05, 0.1) is 8.66 Å². The summed E-state index contributed by atoms with van der Waals surface area (Å²) in [7, 11) is 0. The first-order valence-electron chi connectivity index (χ1n) is 3.46. The van der Waals surface area contributed by atoms with Crippen LogP contribution in [0.3, 0.4) is 0 Å². The number of carbonyl (C=O) groups excluding carboxylic acids is 1. The summed E-state index contributed by atoms with van der Waals surface area (Å²) in [5.41, 5.74) is 0. The Morgan fingerprint density at radius 2 is 2.00 bits per heavy atom. The van der Waals surface area contributed by atoms with E-state index < -0.39 is 0 Å². The Labute approximate surface area is 79.6 Å². The monoisotopic (exact) mass is 234 g/mol. The summed E-state index contributed by atoms with van der Waals surface area (Å²) in [5, 5.41) is 0. The molecule has 1 heterocycles. The number of rotatable bonds is 1. The Kier molecular flexibility index (Phi) is 5.42. The van der Waals surface area contributed by atoms with E-state index in [9.17, 15) is 4.79 Å². The highest BCUT2D eigenvalue weighted by Gasteiger charge is 2.00. The minimum atomic E-state index is 0.130. The van der Waals surface area contributed by atoms with Gasteiger partial charge in [0, 0.05) is 0 Å². The van der Waals surface area contributed by atoms with E-state index in [1.54, 1.807) is 6.92 Å². The van der Waals surface area contributed by atoms with E-state index in [1.165, 1.54) is 11.3 Å². The van der Waals surface area contributed by atoms with Crippen molar-refractivity contribution >= 4 is 33.0 Å². The van der Waals surface area contributed by atoms with Gasteiger partial charge in [0.2, 0.25) is 0 Å². The Balaban J connectivity index is 0.000000461. The van der Waals surface area contributed by atoms with Crippen LogP contribution in [-0.4, -0.2) is 5.78 Å². The van der Waals surface area contributed by atoms with E-state index in [1.807, 2.05) is 26.0 Å². The lowest BCUT2D eigenvalue weighted by atomic mass is 10.4. The van der Waals surface area contributed by atoms with Gasteiger partial charge in [0.1, 0.15) is 0 Å². The molecule has 0 saturated carbocycles. The number of ketones is 1. The molecule has 0 aromatic carbocycles. The second kappa shape index (κ2) is 5.49. The van der Waals surface area contributed by atoms with Crippen molar-refractivity contribution in [2.24, 2.45) is 0 Å². The number of Topliss-reactive ketones (excluding diaryl/α,β-unsaturated/α-hetero) is 1. The maximum absolute atomic E-state index is 10.6. The predicted octanol–water partition coefficient (Wildman–Crippen LogP) is 3.74. The second-order valence-electron chi connectivity index (χ2n) is 1.66. The first-order valence-corrected chi connectivity index (χ1v) is 5.07. The molecule has 0 saturated heterocycles. The van der Waals surface area contributed by atoms with Gasteiger partial charge in [-0.2, -0.15) is 0 Å². The van der Waals surface area contributed by atoms with Gasteiger partial charge in [-0.1, -0.05) is 13.8 Å². The van der Waals surface area contributed by atoms with Crippen LogP contribution in [0.5, 0.6) is 0 Å². The van der Waals surface area contributed by atoms with Crippen molar-refractivity contribution < 1.29 is 4.79 Å². The van der Waals surface area contributed by atoms with E-state index in [0.29, 0.717) is 0 Å². The Morgan fingerprint density at radius 3 is 2.18 bits per heavy atom. The molecule has 0 amide bonds. The topological polar surface area (TPSA) is 17.1 Å². The lowest BCUT2D eigenvalue weighted by Crippen LogP contribution is -1.83. The van der Waals surface area contributed by atoms with E-state index in [0.717, 1.165) is 8.66 Å². The molecule has 1 aromatic heterocycles. The Morgan fingerprint density at radius 1 is 1.45 bits per heavy atom. The highest BCUT2D eigenvalue weighted by Crippen LogP contribution is 2.21. The summed E-state index contributed by atoms with van der Waals surface area (Å²) in [6, 6.07) is 3.69. The third-order valence-corrected chi connectivity index (χ3v) is 2.64. The highest BCUT2D eigenvalue weighted by atomic mass is 79.9. The average Bonchev–Trinajstić information content (AvgIpc) is 2.40. The fraction of sp³-hybridized carbons (Fsp3) is 0.375. The normalized spacial score (nSPS) is 8.36. The summed E-state index contributed by atoms with van der Waals surface area (Å²) < 4.78 is 1.01. The minimum Gasteiger partial charge on any atom is -0.294 e. The fourth-order valence-corrected chi connectivity index (χ4v) is 1.78. The van der Waals surface area contributed by atoms with Gasteiger partial charge in [-0.3, -0.25) is 4.79 Å². The number of carbonyl (C=O) groups is 1. The van der Waals surface area contributed by atoms with Crippen LogP contribution in [-0.2, 0) is 0 Å². The number of thiophene rings is 1. The average molecular weight is 235 g/mol. The van der Waals surface area contributed by atoms with Crippen molar-refractivity contribution in [3.05, 3.63) is 20.8 Å². The molecular formula is C8H11BrOS. The first kappa shape index (κ1) is 10.8. The lowest BCUT2D eigenvalue weighted by Gasteiger charge is -1.80. The molecule has 11 heavy (non-hydrogen) atoms. The number of halogens is 1. The third kappa shape index (κ3) is 3.68. The van der Waals surface area contributed by atoms with Crippen LogP contribution in [0.25, 0.3) is 0 Å². The van der Waals surface area contributed by atoms with Gasteiger partial charge in [-0.25, -0.2) is 0 Å². The largest absolute Gasteiger partial charge is 0.294 e. The third-order valence-electron chi connectivity index (χ3n) is 0.920. The summed E-state index contributed by atoms with van der Waals surface area (Å²) in [4.78, 5) is 11.5. The summed E-state index contributed by atoms with van der Waals surface area (Å²) >= 11 is 4.73. The zero-order valence-corrected chi connectivity index (χ0v) is 9.25. The lowest BCUT2D eigenvalue weighted by molar-refractivity contribution is 0.102. The number of hydrogen-bond donors (Lipinski definition) is 0. The van der Waals surface area contributed by atoms with Crippen molar-refractivity contribution in [2.75, 3.05) is 0 Å². The molecule has 1 rings (SSSR count). The van der Waals surface area contributed by atoms with Crippen LogP contribution in [0.15, 0.2) is 15.9 Å². The molecule has 0 fully saturated rings. The Bertz CT molecular complexity index is 230. The van der Waals surface area contributed by atoms with Gasteiger partial charge < -0.3 is 0 Å². The molecule has 0 aliphatic carbocycles. The smallest absolute Gasteiger partial charge is 0.169 e. The summed E-state index contributed by atoms with van der Waals surface area (Å²) in [5.74, 6) is 0.130. The van der Waals surface area contributed by atoms with Crippen molar-refractivity contribution in [2.45, 2.75) is 20.8 Å². The summed E-state index contributed by atoms with van der Waals surface area (Å²) in [6.45, 7) is 5.57. The molecule has 0 aliphatic rings. The maximum atomic E-state index is 10.6. The zero-order valence-electron chi connectivity index (χ0n) is 6.85. The van der Waals surface area contributed by atoms with Crippen molar-refractivity contribution in [3.63, 3.8) is 0 Å². The molecule has 3 heteroatoms. The molecule has 1 nitrogen and oxygen atoms in total. The van der Waals surface area contributed by atoms with E-state index in [-0.39, 0.29) is 5.78 Å². The quantitative estimate of drug-likeness (QED) is 0.677. The first-order chi connectivity index (χ1) is 5.20. The van der Waals surface area contributed by atoms with Crippen molar-refractivity contribution in [3.8, 4) is 0 Å². The molecule has 0 atom stereocenters. The molecule has 0 unspecified atom stereocenters. The number of hydrogen-bond acceptors (Lipinski definition) is 2. The van der Waals surface area contributed by atoms with Crippen LogP contribution in [0.4, 0.5) is 0 Å². The van der Waals surface area contributed by atoms with E-state index in [4.69, 9.17) is 0 Å². The predicted molar refractivity (Wildman–Crippen MR) is 53.4 cm³/mol. The van der Waals surface area contributed by atoms with Crippen LogP contribution >= 0.6 is 27.3 Å². The van der Waals surface area contributed by atoms with Crippen molar-refractivity contribution in [1.29, 1.82) is 0 Å². The zero-order chi connectivity index (χ0) is 8.85. The SMILES string of the molecule is CC.CC(=O)c1ccc(Br)s1. The van der Waals surface area contributed by atoms with Crippen molar-refractivity contribution in [1.82, 2.24) is 0 Å².